The summed E-state index contributed by atoms with van der Waals surface area (Å²) in [4.78, 5) is 4.31. The highest BCUT2D eigenvalue weighted by Gasteiger charge is 2.16. The molecule has 0 spiro atoms. The van der Waals surface area contributed by atoms with E-state index in [-0.39, 0.29) is 0 Å². The number of ether oxygens (including phenoxy) is 1. The maximum atomic E-state index is 10.8. The van der Waals surface area contributed by atoms with E-state index in [0.717, 1.165) is 41.1 Å². The monoisotopic (exact) mass is 380 g/mol. The maximum absolute atomic E-state index is 10.8. The van der Waals surface area contributed by atoms with Crippen LogP contribution in [0.1, 0.15) is 49.5 Å². The van der Waals surface area contributed by atoms with Crippen LogP contribution >= 0.6 is 0 Å². The summed E-state index contributed by atoms with van der Waals surface area (Å²) in [5.41, 5.74) is 4.14. The lowest BCUT2D eigenvalue weighted by Crippen LogP contribution is -2.08. The molecule has 0 saturated carbocycles. The molecule has 0 saturated heterocycles. The largest absolute Gasteiger partial charge is 0.493 e. The fourth-order valence-electron chi connectivity index (χ4n) is 3.19. The van der Waals surface area contributed by atoms with Crippen LogP contribution in [0.15, 0.2) is 60.3 Å². The summed E-state index contributed by atoms with van der Waals surface area (Å²) in [6.45, 7) is 6.86. The van der Waals surface area contributed by atoms with Crippen molar-refractivity contribution in [3.05, 3.63) is 77.0 Å². The number of hydrogen-bond donors (Lipinski definition) is 2. The van der Waals surface area contributed by atoms with Crippen LogP contribution in [0.5, 0.6) is 5.75 Å². The molecule has 4 nitrogen and oxygen atoms in total. The standard InChI is InChI=1S/C24H32N2O2/c1-5-10-18(2)11-6-7-16-28-23-14-8-13-21(19(23)3)22(27)17-20-12-9-15-26-24(20)25-4/h6,8-15,22,27H,5,7,16-17H2,1-4H3,(H,25,26)/b11-6-,18-10-. The predicted octanol–water partition coefficient (Wildman–Crippen LogP) is 5.39. The van der Waals surface area contributed by atoms with Crippen molar-refractivity contribution < 1.29 is 9.84 Å². The van der Waals surface area contributed by atoms with Crippen molar-refractivity contribution in [2.24, 2.45) is 0 Å². The Morgan fingerprint density at radius 2 is 2.11 bits per heavy atom. The lowest BCUT2D eigenvalue weighted by molar-refractivity contribution is 0.177. The van der Waals surface area contributed by atoms with Crippen LogP contribution in [0.4, 0.5) is 5.82 Å². The number of pyridine rings is 1. The smallest absolute Gasteiger partial charge is 0.128 e. The Balaban J connectivity index is 2.00. The summed E-state index contributed by atoms with van der Waals surface area (Å²) in [6, 6.07) is 9.73. The number of hydrogen-bond acceptors (Lipinski definition) is 4. The molecular formula is C24H32N2O2. The maximum Gasteiger partial charge on any atom is 0.128 e. The topological polar surface area (TPSA) is 54.4 Å². The minimum atomic E-state index is -0.610. The van der Waals surface area contributed by atoms with Gasteiger partial charge in [-0.25, -0.2) is 4.98 Å². The van der Waals surface area contributed by atoms with Gasteiger partial charge in [-0.3, -0.25) is 0 Å². The van der Waals surface area contributed by atoms with E-state index >= 15 is 0 Å². The highest BCUT2D eigenvalue weighted by molar-refractivity contribution is 5.45. The number of benzene rings is 1. The third kappa shape index (κ3) is 6.24. The zero-order valence-electron chi connectivity index (χ0n) is 17.4. The summed E-state index contributed by atoms with van der Waals surface area (Å²) < 4.78 is 5.96. The Bertz CT molecular complexity index is 812. The molecule has 0 radical (unpaired) electrons. The SMILES string of the molecule is CC/C=C(C)\C=C/CCOc1cccc(C(O)Cc2cccnc2NC)c1C. The van der Waals surface area contributed by atoms with Crippen LogP contribution in [0.2, 0.25) is 0 Å². The van der Waals surface area contributed by atoms with E-state index in [1.54, 1.807) is 6.20 Å². The number of anilines is 1. The zero-order valence-corrected chi connectivity index (χ0v) is 17.4. The molecule has 1 aromatic heterocycles. The molecule has 1 heterocycles. The molecule has 0 aliphatic rings. The highest BCUT2D eigenvalue weighted by Crippen LogP contribution is 2.29. The lowest BCUT2D eigenvalue weighted by atomic mass is 9.97. The normalized spacial score (nSPS) is 13.0. The van der Waals surface area contributed by atoms with Gasteiger partial charge in [0.1, 0.15) is 11.6 Å². The van der Waals surface area contributed by atoms with E-state index in [1.165, 1.54) is 5.57 Å². The quantitative estimate of drug-likeness (QED) is 0.429. The number of aliphatic hydroxyl groups excluding tert-OH is 1. The van der Waals surface area contributed by atoms with Crippen molar-refractivity contribution in [1.82, 2.24) is 4.98 Å². The van der Waals surface area contributed by atoms with Gasteiger partial charge in [-0.05, 0) is 55.5 Å². The van der Waals surface area contributed by atoms with Crippen molar-refractivity contribution in [2.75, 3.05) is 19.0 Å². The highest BCUT2D eigenvalue weighted by atomic mass is 16.5. The fourth-order valence-corrected chi connectivity index (χ4v) is 3.19. The number of nitrogens with one attached hydrogen (secondary N) is 1. The van der Waals surface area contributed by atoms with Gasteiger partial charge in [-0.15, -0.1) is 0 Å². The second-order valence-electron chi connectivity index (χ2n) is 6.85. The van der Waals surface area contributed by atoms with Gasteiger partial charge >= 0.3 is 0 Å². The molecule has 0 bridgehead atoms. The molecule has 2 N–H and O–H groups in total. The van der Waals surface area contributed by atoms with E-state index in [0.29, 0.717) is 13.0 Å². The molecular weight excluding hydrogens is 348 g/mol. The molecule has 0 aliphatic carbocycles. The first-order chi connectivity index (χ1) is 13.6. The lowest BCUT2D eigenvalue weighted by Gasteiger charge is -2.18. The van der Waals surface area contributed by atoms with E-state index in [9.17, 15) is 5.11 Å². The zero-order chi connectivity index (χ0) is 20.4. The van der Waals surface area contributed by atoms with Gasteiger partial charge in [0.25, 0.3) is 0 Å². The van der Waals surface area contributed by atoms with Crippen LogP contribution in [-0.4, -0.2) is 23.7 Å². The van der Waals surface area contributed by atoms with Crippen molar-refractivity contribution in [1.29, 1.82) is 0 Å². The second-order valence-corrected chi connectivity index (χ2v) is 6.85. The number of nitrogens with zero attached hydrogens (tertiary/aromatic N) is 1. The van der Waals surface area contributed by atoms with Gasteiger partial charge in [0.05, 0.1) is 12.7 Å². The first-order valence-electron chi connectivity index (χ1n) is 9.92. The Labute approximate surface area is 169 Å². The van der Waals surface area contributed by atoms with Crippen molar-refractivity contribution in [3.8, 4) is 5.75 Å². The van der Waals surface area contributed by atoms with Gasteiger partial charge in [-0.1, -0.05) is 48.9 Å². The minimum absolute atomic E-state index is 0.500. The third-order valence-corrected chi connectivity index (χ3v) is 4.68. The molecule has 1 aromatic carbocycles. The molecule has 0 aliphatic heterocycles. The molecule has 150 valence electrons. The van der Waals surface area contributed by atoms with Gasteiger partial charge in [0.15, 0.2) is 0 Å². The summed E-state index contributed by atoms with van der Waals surface area (Å²) in [5.74, 6) is 1.62. The summed E-state index contributed by atoms with van der Waals surface area (Å²) in [7, 11) is 1.84. The van der Waals surface area contributed by atoms with E-state index < -0.39 is 6.10 Å². The molecule has 1 atom stereocenters. The van der Waals surface area contributed by atoms with Crippen molar-refractivity contribution >= 4 is 5.82 Å². The Hall–Kier alpha value is -2.59. The molecule has 2 aromatic rings. The summed E-state index contributed by atoms with van der Waals surface area (Å²) in [5, 5.41) is 13.9. The molecule has 2 rings (SSSR count). The fraction of sp³-hybridized carbons (Fsp3) is 0.375. The number of rotatable bonds is 10. The molecule has 0 amide bonds. The van der Waals surface area contributed by atoms with E-state index in [1.807, 2.05) is 44.3 Å². The van der Waals surface area contributed by atoms with Crippen molar-refractivity contribution in [2.45, 2.75) is 46.1 Å². The molecule has 4 heteroatoms. The third-order valence-electron chi connectivity index (χ3n) is 4.68. The van der Waals surface area contributed by atoms with Crippen LogP contribution < -0.4 is 10.1 Å². The van der Waals surface area contributed by atoms with Crippen LogP contribution in [0, 0.1) is 6.92 Å². The van der Waals surface area contributed by atoms with Crippen LogP contribution in [-0.2, 0) is 6.42 Å². The van der Waals surface area contributed by atoms with E-state index in [2.05, 4.69) is 42.4 Å². The first kappa shape index (κ1) is 21.7. The summed E-state index contributed by atoms with van der Waals surface area (Å²) in [6.07, 6.45) is 10.0. The van der Waals surface area contributed by atoms with E-state index in [4.69, 9.17) is 4.74 Å². The first-order valence-corrected chi connectivity index (χ1v) is 9.92. The Kier molecular flexibility index (Phi) is 8.76. The number of allylic oxidation sites excluding steroid dienone is 3. The average Bonchev–Trinajstić information content (AvgIpc) is 2.69. The Morgan fingerprint density at radius 3 is 2.86 bits per heavy atom. The van der Waals surface area contributed by atoms with Crippen LogP contribution in [0.3, 0.4) is 0 Å². The van der Waals surface area contributed by atoms with Crippen molar-refractivity contribution in [3.63, 3.8) is 0 Å². The average molecular weight is 381 g/mol. The van der Waals surface area contributed by atoms with Gasteiger partial charge in [-0.2, -0.15) is 0 Å². The predicted molar refractivity (Wildman–Crippen MR) is 117 cm³/mol. The second kappa shape index (κ2) is 11.3. The molecule has 0 fully saturated rings. The Morgan fingerprint density at radius 1 is 1.29 bits per heavy atom. The number of aromatic nitrogens is 1. The molecule has 28 heavy (non-hydrogen) atoms. The molecule has 1 unspecified atom stereocenters. The summed E-state index contributed by atoms with van der Waals surface area (Å²) >= 11 is 0. The number of aliphatic hydroxyl groups is 1. The van der Waals surface area contributed by atoms with Crippen LogP contribution in [0.25, 0.3) is 0 Å². The minimum Gasteiger partial charge on any atom is -0.493 e. The van der Waals surface area contributed by atoms with Gasteiger partial charge in [0.2, 0.25) is 0 Å². The van der Waals surface area contributed by atoms with Gasteiger partial charge < -0.3 is 15.2 Å². The van der Waals surface area contributed by atoms with Gasteiger partial charge in [0, 0.05) is 19.7 Å².